The lowest BCUT2D eigenvalue weighted by Gasteiger charge is -2.05. The molecule has 0 atom stereocenters. The molecule has 0 bridgehead atoms. The minimum atomic E-state index is 0.366. The number of aryl methyl sites for hydroxylation is 2. The van der Waals surface area contributed by atoms with Crippen LogP contribution in [0.1, 0.15) is 18.2 Å². The van der Waals surface area contributed by atoms with Gasteiger partial charge in [0.05, 0.1) is 22.5 Å². The van der Waals surface area contributed by atoms with Gasteiger partial charge in [-0.25, -0.2) is 4.98 Å². The van der Waals surface area contributed by atoms with Gasteiger partial charge in [0.1, 0.15) is 11.6 Å². The summed E-state index contributed by atoms with van der Waals surface area (Å²) < 4.78 is 3.61. The van der Waals surface area contributed by atoms with Crippen molar-refractivity contribution in [2.45, 2.75) is 13.3 Å². The van der Waals surface area contributed by atoms with Crippen LogP contribution in [0.3, 0.4) is 0 Å². The van der Waals surface area contributed by atoms with E-state index in [-0.39, 0.29) is 0 Å². The summed E-state index contributed by atoms with van der Waals surface area (Å²) in [5.74, 6) is 0.366. The van der Waals surface area contributed by atoms with Gasteiger partial charge in [0.15, 0.2) is 0 Å². The zero-order valence-corrected chi connectivity index (χ0v) is 11.3. The molecular weight excluding hydrogens is 252 g/mol. The maximum Gasteiger partial charge on any atom is 0.206 e. The Morgan fingerprint density at radius 1 is 1.40 bits per heavy atom. The number of para-hydroxylation sites is 1. The van der Waals surface area contributed by atoms with Crippen molar-refractivity contribution in [2.24, 2.45) is 7.05 Å². The van der Waals surface area contributed by atoms with E-state index >= 15 is 0 Å². The average Bonchev–Trinajstić information content (AvgIpc) is 2.96. The Morgan fingerprint density at radius 3 is 2.90 bits per heavy atom. The molecule has 2 N–H and O–H groups in total. The fourth-order valence-corrected chi connectivity index (χ4v) is 2.42. The zero-order chi connectivity index (χ0) is 14.3. The topological polar surface area (TPSA) is 85.4 Å². The fourth-order valence-electron chi connectivity index (χ4n) is 2.42. The molecule has 0 unspecified atom stereocenters. The van der Waals surface area contributed by atoms with Gasteiger partial charge < -0.3 is 5.73 Å². The van der Waals surface area contributed by atoms with E-state index in [1.54, 1.807) is 10.7 Å². The van der Waals surface area contributed by atoms with Crippen molar-refractivity contribution in [2.75, 3.05) is 5.73 Å². The molecule has 0 fully saturated rings. The van der Waals surface area contributed by atoms with Gasteiger partial charge >= 0.3 is 0 Å². The fraction of sp³-hybridized carbons (Fsp3) is 0.214. The molecule has 1 aromatic carbocycles. The van der Waals surface area contributed by atoms with Crippen LogP contribution in [0.2, 0.25) is 0 Å². The standard InChI is InChI=1S/C14H14N6/c1-3-10-12(8-19(2)18-10)20-11-6-4-5-9(7-15)13(11)17-14(20)16/h4-6,8H,3H2,1-2H3,(H2,16,17). The molecule has 20 heavy (non-hydrogen) atoms. The highest BCUT2D eigenvalue weighted by Gasteiger charge is 2.16. The smallest absolute Gasteiger partial charge is 0.206 e. The van der Waals surface area contributed by atoms with Gasteiger partial charge in [0.2, 0.25) is 5.95 Å². The van der Waals surface area contributed by atoms with Crippen LogP contribution in [0.15, 0.2) is 24.4 Å². The third-order valence-electron chi connectivity index (χ3n) is 3.29. The first-order valence-corrected chi connectivity index (χ1v) is 6.35. The van der Waals surface area contributed by atoms with Crippen LogP contribution >= 0.6 is 0 Å². The van der Waals surface area contributed by atoms with Crippen molar-refractivity contribution in [3.63, 3.8) is 0 Å². The van der Waals surface area contributed by atoms with E-state index in [4.69, 9.17) is 11.0 Å². The van der Waals surface area contributed by atoms with Gasteiger partial charge in [-0.3, -0.25) is 9.25 Å². The van der Waals surface area contributed by atoms with E-state index in [0.29, 0.717) is 17.0 Å². The maximum atomic E-state index is 9.15. The number of anilines is 1. The number of nitrogens with zero attached hydrogens (tertiary/aromatic N) is 5. The monoisotopic (exact) mass is 266 g/mol. The predicted octanol–water partition coefficient (Wildman–Crippen LogP) is 1.78. The van der Waals surface area contributed by atoms with Crippen LogP contribution in [0.25, 0.3) is 16.7 Å². The lowest BCUT2D eigenvalue weighted by Crippen LogP contribution is -2.02. The molecule has 0 amide bonds. The number of hydrogen-bond donors (Lipinski definition) is 1. The number of nitriles is 1. The molecule has 0 saturated carbocycles. The largest absolute Gasteiger partial charge is 0.369 e. The van der Waals surface area contributed by atoms with Crippen LogP contribution in [0, 0.1) is 11.3 Å². The van der Waals surface area contributed by atoms with E-state index < -0.39 is 0 Å². The van der Waals surface area contributed by atoms with Crippen LogP contribution in [0.5, 0.6) is 0 Å². The Bertz CT molecular complexity index is 833. The SMILES string of the molecule is CCc1nn(C)cc1-n1c(N)nc2c(C#N)cccc21. The normalized spacial score (nSPS) is 10.8. The quantitative estimate of drug-likeness (QED) is 0.766. The first-order chi connectivity index (χ1) is 9.65. The number of fused-ring (bicyclic) bond motifs is 1. The van der Waals surface area contributed by atoms with E-state index in [9.17, 15) is 0 Å². The summed E-state index contributed by atoms with van der Waals surface area (Å²) in [6.07, 6.45) is 2.71. The van der Waals surface area contributed by atoms with E-state index in [2.05, 4.69) is 16.2 Å². The summed E-state index contributed by atoms with van der Waals surface area (Å²) in [5.41, 5.74) is 9.87. The summed E-state index contributed by atoms with van der Waals surface area (Å²) in [4.78, 5) is 4.33. The third-order valence-corrected chi connectivity index (χ3v) is 3.29. The molecular formula is C14H14N6. The molecule has 100 valence electrons. The summed E-state index contributed by atoms with van der Waals surface area (Å²) >= 11 is 0. The highest BCUT2D eigenvalue weighted by molar-refractivity contribution is 5.86. The molecule has 0 aliphatic carbocycles. The predicted molar refractivity (Wildman–Crippen MR) is 76.3 cm³/mol. The number of aromatic nitrogens is 4. The van der Waals surface area contributed by atoms with Crippen LogP contribution in [0.4, 0.5) is 5.95 Å². The molecule has 3 rings (SSSR count). The van der Waals surface area contributed by atoms with Gasteiger partial charge in [0.25, 0.3) is 0 Å². The molecule has 0 saturated heterocycles. The minimum Gasteiger partial charge on any atom is -0.369 e. The highest BCUT2D eigenvalue weighted by atomic mass is 15.3. The highest BCUT2D eigenvalue weighted by Crippen LogP contribution is 2.26. The van der Waals surface area contributed by atoms with Crippen LogP contribution < -0.4 is 5.73 Å². The molecule has 2 heterocycles. The van der Waals surface area contributed by atoms with Gasteiger partial charge in [0, 0.05) is 13.2 Å². The van der Waals surface area contributed by atoms with Crippen molar-refractivity contribution in [1.82, 2.24) is 19.3 Å². The van der Waals surface area contributed by atoms with Crippen molar-refractivity contribution in [3.05, 3.63) is 35.7 Å². The number of hydrogen-bond acceptors (Lipinski definition) is 4. The Kier molecular flexibility index (Phi) is 2.68. The van der Waals surface area contributed by atoms with Gasteiger partial charge in [-0.05, 0) is 18.6 Å². The number of nitrogens with two attached hydrogens (primary N) is 1. The van der Waals surface area contributed by atoms with E-state index in [0.717, 1.165) is 23.3 Å². The van der Waals surface area contributed by atoms with Crippen molar-refractivity contribution < 1.29 is 0 Å². The summed E-state index contributed by atoms with van der Waals surface area (Å²) in [7, 11) is 1.87. The Labute approximate surface area is 116 Å². The Hall–Kier alpha value is -2.81. The number of benzene rings is 1. The van der Waals surface area contributed by atoms with Crippen molar-refractivity contribution in [1.29, 1.82) is 5.26 Å². The second-order valence-electron chi connectivity index (χ2n) is 4.58. The molecule has 6 heteroatoms. The lowest BCUT2D eigenvalue weighted by molar-refractivity contribution is 0.746. The van der Waals surface area contributed by atoms with E-state index in [1.807, 2.05) is 36.9 Å². The molecule has 0 spiro atoms. The van der Waals surface area contributed by atoms with Gasteiger partial charge in [-0.15, -0.1) is 0 Å². The van der Waals surface area contributed by atoms with Gasteiger partial charge in [-0.1, -0.05) is 13.0 Å². The molecule has 0 radical (unpaired) electrons. The van der Waals surface area contributed by atoms with Crippen molar-refractivity contribution >= 4 is 17.0 Å². The summed E-state index contributed by atoms with van der Waals surface area (Å²) in [5, 5.41) is 13.6. The Morgan fingerprint density at radius 2 is 2.20 bits per heavy atom. The minimum absolute atomic E-state index is 0.366. The molecule has 0 aliphatic heterocycles. The van der Waals surface area contributed by atoms with Crippen molar-refractivity contribution in [3.8, 4) is 11.8 Å². The maximum absolute atomic E-state index is 9.15. The summed E-state index contributed by atoms with van der Waals surface area (Å²) in [6.45, 7) is 2.04. The third kappa shape index (κ3) is 1.64. The van der Waals surface area contributed by atoms with Gasteiger partial charge in [-0.2, -0.15) is 10.4 Å². The summed E-state index contributed by atoms with van der Waals surface area (Å²) in [6, 6.07) is 7.63. The second kappa shape index (κ2) is 4.38. The molecule has 2 aromatic heterocycles. The second-order valence-corrected chi connectivity index (χ2v) is 4.58. The number of imidazole rings is 1. The lowest BCUT2D eigenvalue weighted by atomic mass is 10.2. The number of rotatable bonds is 2. The molecule has 3 aromatic rings. The number of nitrogen functional groups attached to an aromatic ring is 1. The first-order valence-electron chi connectivity index (χ1n) is 6.35. The average molecular weight is 266 g/mol. The zero-order valence-electron chi connectivity index (χ0n) is 11.3. The molecule has 6 nitrogen and oxygen atoms in total. The van der Waals surface area contributed by atoms with Crippen LogP contribution in [-0.4, -0.2) is 19.3 Å². The molecule has 0 aliphatic rings. The van der Waals surface area contributed by atoms with E-state index in [1.165, 1.54) is 0 Å². The van der Waals surface area contributed by atoms with Crippen LogP contribution in [-0.2, 0) is 13.5 Å². The first kappa shape index (κ1) is 12.2. The Balaban J connectivity index is 2.37.